The van der Waals surface area contributed by atoms with E-state index in [-0.39, 0.29) is 6.04 Å². The molecule has 0 aliphatic carbocycles. The minimum Gasteiger partial charge on any atom is -0.271 e. The summed E-state index contributed by atoms with van der Waals surface area (Å²) in [5, 5.41) is 1.16. The van der Waals surface area contributed by atoms with E-state index >= 15 is 0 Å². The molecule has 2 aromatic carbocycles. The van der Waals surface area contributed by atoms with Gasteiger partial charge in [0.05, 0.1) is 16.1 Å². The Kier molecular flexibility index (Phi) is 5.47. The minimum absolute atomic E-state index is 0.00526. The maximum absolute atomic E-state index is 6.21. The molecule has 0 aliphatic heterocycles. The molecule has 0 aliphatic rings. The van der Waals surface area contributed by atoms with E-state index < -0.39 is 0 Å². The Bertz CT molecular complexity index is 575. The van der Waals surface area contributed by atoms with Gasteiger partial charge in [-0.3, -0.25) is 11.3 Å². The average molecular weight is 407 g/mol. The standard InChI is InChI=1S/C14H13Cl2IN2/c15-12-6-2-4-10(14(12)16)8-13(19-18)9-3-1-5-11(17)7-9/h1-7,13,19H,8,18H2. The average Bonchev–Trinajstić information content (AvgIpc) is 2.40. The Morgan fingerprint density at radius 1 is 1.16 bits per heavy atom. The fourth-order valence-electron chi connectivity index (χ4n) is 1.92. The van der Waals surface area contributed by atoms with Gasteiger partial charge in [-0.15, -0.1) is 0 Å². The second-order valence-corrected chi connectivity index (χ2v) is 6.22. The topological polar surface area (TPSA) is 38.0 Å². The Morgan fingerprint density at radius 2 is 1.89 bits per heavy atom. The lowest BCUT2D eigenvalue weighted by atomic mass is 9.99. The maximum atomic E-state index is 6.21. The highest BCUT2D eigenvalue weighted by Gasteiger charge is 2.14. The van der Waals surface area contributed by atoms with Crippen molar-refractivity contribution in [3.8, 4) is 0 Å². The minimum atomic E-state index is 0.00526. The van der Waals surface area contributed by atoms with Gasteiger partial charge in [-0.2, -0.15) is 0 Å². The summed E-state index contributed by atoms with van der Waals surface area (Å²) in [7, 11) is 0. The van der Waals surface area contributed by atoms with Crippen molar-refractivity contribution in [1.29, 1.82) is 0 Å². The Hall–Kier alpha value is -0.330. The third-order valence-corrected chi connectivity index (χ3v) is 4.44. The summed E-state index contributed by atoms with van der Waals surface area (Å²) < 4.78 is 1.17. The summed E-state index contributed by atoms with van der Waals surface area (Å²) in [6.45, 7) is 0. The number of nitrogens with one attached hydrogen (secondary N) is 1. The molecular weight excluding hydrogens is 394 g/mol. The van der Waals surface area contributed by atoms with Gasteiger partial charge in [0, 0.05) is 3.57 Å². The molecule has 2 rings (SSSR count). The van der Waals surface area contributed by atoms with Crippen molar-refractivity contribution in [2.45, 2.75) is 12.5 Å². The predicted molar refractivity (Wildman–Crippen MR) is 89.4 cm³/mol. The fraction of sp³-hybridized carbons (Fsp3) is 0.143. The highest BCUT2D eigenvalue weighted by Crippen LogP contribution is 2.29. The largest absolute Gasteiger partial charge is 0.271 e. The lowest BCUT2D eigenvalue weighted by molar-refractivity contribution is 0.552. The summed E-state index contributed by atoms with van der Waals surface area (Å²) in [6.07, 6.45) is 0.690. The van der Waals surface area contributed by atoms with Crippen LogP contribution in [-0.4, -0.2) is 0 Å². The van der Waals surface area contributed by atoms with Gasteiger partial charge in [0.1, 0.15) is 0 Å². The van der Waals surface area contributed by atoms with Gasteiger partial charge < -0.3 is 0 Å². The zero-order valence-corrected chi connectivity index (χ0v) is 13.7. The molecule has 0 amide bonds. The van der Waals surface area contributed by atoms with Gasteiger partial charge >= 0.3 is 0 Å². The van der Waals surface area contributed by atoms with Crippen LogP contribution < -0.4 is 11.3 Å². The smallest absolute Gasteiger partial charge is 0.0624 e. The maximum Gasteiger partial charge on any atom is 0.0624 e. The summed E-state index contributed by atoms with van der Waals surface area (Å²) in [5.74, 6) is 5.66. The molecule has 0 spiro atoms. The second kappa shape index (κ2) is 6.90. The first kappa shape index (κ1) is 15.1. The molecule has 0 saturated heterocycles. The second-order valence-electron chi connectivity index (χ2n) is 4.19. The van der Waals surface area contributed by atoms with Crippen molar-refractivity contribution >= 4 is 45.8 Å². The Balaban J connectivity index is 2.26. The first-order valence-corrected chi connectivity index (χ1v) is 7.59. The van der Waals surface area contributed by atoms with Crippen LogP contribution in [0.1, 0.15) is 17.2 Å². The molecule has 0 aromatic heterocycles. The highest BCUT2D eigenvalue weighted by atomic mass is 127. The van der Waals surface area contributed by atoms with Crippen LogP contribution in [0, 0.1) is 3.57 Å². The Labute approximate surface area is 136 Å². The van der Waals surface area contributed by atoms with Crippen LogP contribution in [0.2, 0.25) is 10.0 Å². The van der Waals surface area contributed by atoms with Gasteiger partial charge in [-0.1, -0.05) is 47.5 Å². The quantitative estimate of drug-likeness (QED) is 0.450. The molecule has 1 atom stereocenters. The number of nitrogens with two attached hydrogens (primary N) is 1. The highest BCUT2D eigenvalue weighted by molar-refractivity contribution is 14.1. The summed E-state index contributed by atoms with van der Waals surface area (Å²) >= 11 is 14.5. The first-order chi connectivity index (χ1) is 9.11. The molecule has 0 fully saturated rings. The van der Waals surface area contributed by atoms with E-state index in [9.17, 15) is 0 Å². The molecule has 1 unspecified atom stereocenters. The van der Waals surface area contributed by atoms with Crippen molar-refractivity contribution in [1.82, 2.24) is 5.43 Å². The molecular formula is C14H13Cl2IN2. The van der Waals surface area contributed by atoms with E-state index in [2.05, 4.69) is 34.1 Å². The van der Waals surface area contributed by atoms with Crippen molar-refractivity contribution in [2.24, 2.45) is 5.84 Å². The number of hydrogen-bond donors (Lipinski definition) is 2. The molecule has 3 N–H and O–H groups in total. The molecule has 100 valence electrons. The number of hydrogen-bond acceptors (Lipinski definition) is 2. The van der Waals surface area contributed by atoms with Crippen LogP contribution in [0.15, 0.2) is 42.5 Å². The van der Waals surface area contributed by atoms with Crippen LogP contribution >= 0.6 is 45.8 Å². The number of hydrazine groups is 1. The summed E-state index contributed by atoms with van der Waals surface area (Å²) in [6, 6.07) is 13.9. The number of halogens is 3. The number of benzene rings is 2. The molecule has 5 heteroatoms. The third kappa shape index (κ3) is 3.83. The summed E-state index contributed by atoms with van der Waals surface area (Å²) in [5.41, 5.74) is 4.95. The van der Waals surface area contributed by atoms with Crippen molar-refractivity contribution in [3.63, 3.8) is 0 Å². The zero-order chi connectivity index (χ0) is 13.8. The molecule has 0 saturated carbocycles. The summed E-state index contributed by atoms with van der Waals surface area (Å²) in [4.78, 5) is 0. The van der Waals surface area contributed by atoms with E-state index in [1.54, 1.807) is 6.07 Å². The van der Waals surface area contributed by atoms with Gasteiger partial charge in [-0.25, -0.2) is 0 Å². The predicted octanol–water partition coefficient (Wildman–Crippen LogP) is 4.35. The molecule has 0 bridgehead atoms. The van der Waals surface area contributed by atoms with Gasteiger partial charge in [0.2, 0.25) is 0 Å². The molecule has 0 heterocycles. The van der Waals surface area contributed by atoms with E-state index in [1.807, 2.05) is 30.3 Å². The van der Waals surface area contributed by atoms with Gasteiger partial charge in [-0.05, 0) is 58.3 Å². The van der Waals surface area contributed by atoms with Crippen LogP contribution in [0.4, 0.5) is 0 Å². The fourth-order valence-corrected chi connectivity index (χ4v) is 2.89. The molecule has 2 nitrogen and oxygen atoms in total. The molecule has 2 aromatic rings. The van der Waals surface area contributed by atoms with Crippen LogP contribution in [-0.2, 0) is 6.42 Å². The lowest BCUT2D eigenvalue weighted by Crippen LogP contribution is -2.29. The monoisotopic (exact) mass is 406 g/mol. The molecule has 0 radical (unpaired) electrons. The number of rotatable bonds is 4. The SMILES string of the molecule is NNC(Cc1cccc(Cl)c1Cl)c1cccc(I)c1. The lowest BCUT2D eigenvalue weighted by Gasteiger charge is -2.17. The van der Waals surface area contributed by atoms with Crippen molar-refractivity contribution in [3.05, 3.63) is 67.2 Å². The van der Waals surface area contributed by atoms with Gasteiger partial charge in [0.25, 0.3) is 0 Å². The van der Waals surface area contributed by atoms with E-state index in [0.29, 0.717) is 16.5 Å². The van der Waals surface area contributed by atoms with Crippen molar-refractivity contribution < 1.29 is 0 Å². The Morgan fingerprint density at radius 3 is 2.58 bits per heavy atom. The van der Waals surface area contributed by atoms with E-state index in [4.69, 9.17) is 29.0 Å². The van der Waals surface area contributed by atoms with E-state index in [0.717, 1.165) is 11.1 Å². The van der Waals surface area contributed by atoms with E-state index in [1.165, 1.54) is 3.57 Å². The van der Waals surface area contributed by atoms with Crippen LogP contribution in [0.25, 0.3) is 0 Å². The van der Waals surface area contributed by atoms with Gasteiger partial charge in [0.15, 0.2) is 0 Å². The normalized spacial score (nSPS) is 12.4. The van der Waals surface area contributed by atoms with Crippen molar-refractivity contribution in [2.75, 3.05) is 0 Å². The first-order valence-electron chi connectivity index (χ1n) is 5.76. The third-order valence-electron chi connectivity index (χ3n) is 2.91. The van der Waals surface area contributed by atoms with Crippen LogP contribution in [0.5, 0.6) is 0 Å². The zero-order valence-electron chi connectivity index (χ0n) is 10.0. The van der Waals surface area contributed by atoms with Crippen LogP contribution in [0.3, 0.4) is 0 Å². The molecule has 19 heavy (non-hydrogen) atoms.